The monoisotopic (exact) mass is 427 g/mol. The molecule has 0 saturated carbocycles. The van der Waals surface area contributed by atoms with Crippen molar-refractivity contribution in [3.63, 3.8) is 0 Å². The van der Waals surface area contributed by atoms with E-state index in [0.29, 0.717) is 5.92 Å². The van der Waals surface area contributed by atoms with Crippen molar-refractivity contribution in [2.45, 2.75) is 46.2 Å². The summed E-state index contributed by atoms with van der Waals surface area (Å²) in [6, 6.07) is 7.66. The van der Waals surface area contributed by atoms with Crippen LogP contribution in [0.5, 0.6) is 0 Å². The summed E-state index contributed by atoms with van der Waals surface area (Å²) < 4.78 is 15.2. The first-order valence-corrected chi connectivity index (χ1v) is 10.7. The van der Waals surface area contributed by atoms with Gasteiger partial charge < -0.3 is 4.90 Å². The van der Waals surface area contributed by atoms with E-state index in [2.05, 4.69) is 51.1 Å². The molecule has 4 N–H and O–H groups in total. The fraction of sp³-hybridized carbons (Fsp3) is 0.500. The summed E-state index contributed by atoms with van der Waals surface area (Å²) in [6.07, 6.45) is 3.37. The summed E-state index contributed by atoms with van der Waals surface area (Å²) >= 11 is 0. The molecule has 0 aliphatic carbocycles. The molecule has 2 aromatic rings. The summed E-state index contributed by atoms with van der Waals surface area (Å²) in [5, 5.41) is 21.2. The molecular formula is C22H32FN8+. The van der Waals surface area contributed by atoms with Gasteiger partial charge >= 0.3 is 5.84 Å². The molecule has 1 aliphatic heterocycles. The van der Waals surface area contributed by atoms with Crippen LogP contribution in [0.25, 0.3) is 0 Å². The largest absolute Gasteiger partial charge is 0.365 e. The quantitative estimate of drug-likeness (QED) is 0.230. The predicted octanol–water partition coefficient (Wildman–Crippen LogP) is 1.75. The number of aromatic nitrogens is 2. The lowest BCUT2D eigenvalue weighted by Crippen LogP contribution is -2.53. The number of benzene rings is 1. The Labute approximate surface area is 182 Å². The molecule has 3 rings (SSSR count). The van der Waals surface area contributed by atoms with Crippen LogP contribution >= 0.6 is 0 Å². The summed E-state index contributed by atoms with van der Waals surface area (Å²) in [4.78, 5) is 4.60. The van der Waals surface area contributed by atoms with Crippen LogP contribution in [0, 0.1) is 11.7 Å². The van der Waals surface area contributed by atoms with Crippen LogP contribution in [0.1, 0.15) is 44.0 Å². The van der Waals surface area contributed by atoms with Gasteiger partial charge in [0.05, 0.1) is 16.5 Å². The Morgan fingerprint density at radius 3 is 2.81 bits per heavy atom. The Balaban J connectivity index is 1.91. The van der Waals surface area contributed by atoms with Gasteiger partial charge in [-0.1, -0.05) is 20.8 Å². The molecule has 2 heterocycles. The fourth-order valence-electron chi connectivity index (χ4n) is 4.20. The van der Waals surface area contributed by atoms with E-state index in [1.807, 2.05) is 18.2 Å². The number of hydrogen-bond acceptors (Lipinski definition) is 5. The minimum atomic E-state index is -0.394. The van der Waals surface area contributed by atoms with E-state index in [1.165, 1.54) is 0 Å². The topological polar surface area (TPSA) is 109 Å². The van der Waals surface area contributed by atoms with Gasteiger partial charge in [-0.3, -0.25) is 16.2 Å². The van der Waals surface area contributed by atoms with Crippen LogP contribution in [0.3, 0.4) is 0 Å². The van der Waals surface area contributed by atoms with E-state index in [0.717, 1.165) is 56.0 Å². The average Bonchev–Trinajstić information content (AvgIpc) is 2.73. The molecule has 1 atom stereocenters. The normalized spacial score (nSPS) is 17.6. The van der Waals surface area contributed by atoms with Crippen LogP contribution in [-0.4, -0.2) is 46.6 Å². The van der Waals surface area contributed by atoms with Crippen molar-refractivity contribution < 1.29 is 9.80 Å². The molecule has 8 nitrogen and oxygen atoms in total. The third kappa shape index (κ3) is 5.61. The molecular weight excluding hydrogens is 395 g/mol. The van der Waals surface area contributed by atoms with Crippen LogP contribution < -0.4 is 16.2 Å². The number of hydrogen-bond donors (Lipinski definition) is 2. The van der Waals surface area contributed by atoms with E-state index < -0.39 is 5.82 Å². The van der Waals surface area contributed by atoms with Gasteiger partial charge in [-0.25, -0.2) is 4.39 Å². The highest BCUT2D eigenvalue weighted by Gasteiger charge is 2.32. The maximum Gasteiger partial charge on any atom is 0.356 e. The summed E-state index contributed by atoms with van der Waals surface area (Å²) in [5.41, 5.74) is 2.91. The van der Waals surface area contributed by atoms with Crippen molar-refractivity contribution in [1.82, 2.24) is 15.1 Å². The van der Waals surface area contributed by atoms with E-state index in [4.69, 9.17) is 11.3 Å². The molecule has 0 radical (unpaired) electrons. The zero-order chi connectivity index (χ0) is 22.4. The Morgan fingerprint density at radius 2 is 2.16 bits per heavy atom. The van der Waals surface area contributed by atoms with E-state index in [1.54, 1.807) is 12.3 Å². The Bertz CT molecular complexity index is 915. The van der Waals surface area contributed by atoms with Crippen LogP contribution in [0.15, 0.2) is 40.8 Å². The maximum atomic E-state index is 15.2. The molecule has 1 aliphatic rings. The first-order valence-electron chi connectivity index (χ1n) is 10.7. The molecule has 1 fully saturated rings. The van der Waals surface area contributed by atoms with Crippen molar-refractivity contribution in [1.29, 1.82) is 0 Å². The highest BCUT2D eigenvalue weighted by Crippen LogP contribution is 2.31. The van der Waals surface area contributed by atoms with E-state index >= 15 is 4.39 Å². The molecule has 1 unspecified atom stereocenters. The second-order valence-electron chi connectivity index (χ2n) is 8.38. The van der Waals surface area contributed by atoms with Gasteiger partial charge in [-0.15, -0.1) is 0 Å². The maximum absolute atomic E-state index is 15.2. The molecule has 166 valence electrons. The van der Waals surface area contributed by atoms with Gasteiger partial charge in [0.1, 0.15) is 11.4 Å². The second kappa shape index (κ2) is 10.4. The smallest absolute Gasteiger partial charge is 0.356 e. The Kier molecular flexibility index (Phi) is 7.62. The molecule has 9 heteroatoms. The molecule has 0 spiro atoms. The minimum Gasteiger partial charge on any atom is -0.365 e. The summed E-state index contributed by atoms with van der Waals surface area (Å²) in [5.74, 6) is 5.20. The first-order chi connectivity index (χ1) is 14.9. The Hall–Kier alpha value is -2.94. The van der Waals surface area contributed by atoms with Crippen LogP contribution in [-0.2, 0) is 13.0 Å². The number of amidine groups is 1. The zero-order valence-corrected chi connectivity index (χ0v) is 18.5. The summed E-state index contributed by atoms with van der Waals surface area (Å²) in [6.45, 7) is 9.51. The highest BCUT2D eigenvalue weighted by atomic mass is 19.1. The lowest BCUT2D eigenvalue weighted by atomic mass is 9.97. The van der Waals surface area contributed by atoms with Gasteiger partial charge in [0, 0.05) is 43.6 Å². The lowest BCUT2D eigenvalue weighted by Gasteiger charge is -2.43. The Morgan fingerprint density at radius 1 is 1.35 bits per heavy atom. The number of piperazine rings is 1. The standard InChI is InChI=1S/C22H31FN8/c1-4-18-14-30(13-17-6-5-7-26-27-17)8-9-31(18)20-12-16(10-15(2)3)11-19(23)21(20)22(24)28-29-25/h5-7,11-12,15,18H,4,8-10,13-14H2,1-3H3,(H3,24,25,28)/p+1. The predicted molar refractivity (Wildman–Crippen MR) is 119 cm³/mol. The molecule has 1 saturated heterocycles. The first kappa shape index (κ1) is 22.7. The van der Waals surface area contributed by atoms with Crippen molar-refractivity contribution in [2.75, 3.05) is 24.5 Å². The van der Waals surface area contributed by atoms with Crippen molar-refractivity contribution in [2.24, 2.45) is 22.1 Å². The molecule has 0 bridgehead atoms. The van der Waals surface area contributed by atoms with E-state index in [9.17, 15) is 0 Å². The third-order valence-corrected chi connectivity index (χ3v) is 5.56. The number of nitrogens with zero attached hydrogens (tertiary/aromatic N) is 6. The number of halogens is 1. The van der Waals surface area contributed by atoms with Crippen molar-refractivity contribution in [3.05, 3.63) is 53.1 Å². The van der Waals surface area contributed by atoms with Crippen LogP contribution in [0.2, 0.25) is 0 Å². The number of rotatable bonds is 7. The van der Waals surface area contributed by atoms with Crippen LogP contribution in [0.4, 0.5) is 10.1 Å². The van der Waals surface area contributed by atoms with Gasteiger partial charge in [0.25, 0.3) is 0 Å². The molecule has 31 heavy (non-hydrogen) atoms. The van der Waals surface area contributed by atoms with E-state index in [-0.39, 0.29) is 17.4 Å². The molecule has 1 aromatic carbocycles. The minimum absolute atomic E-state index is 0.0112. The SMILES string of the molecule is CCC1CN(Cc2cccnn2)CCN1c1cc(CC(C)C)cc(F)c1C(=[NH2+])N=NN. The van der Waals surface area contributed by atoms with Gasteiger partial charge in [-0.05, 0) is 48.6 Å². The average molecular weight is 428 g/mol. The second-order valence-corrected chi connectivity index (χ2v) is 8.38. The highest BCUT2D eigenvalue weighted by molar-refractivity contribution is 6.00. The van der Waals surface area contributed by atoms with Crippen molar-refractivity contribution in [3.8, 4) is 0 Å². The van der Waals surface area contributed by atoms with Gasteiger partial charge in [0.15, 0.2) is 0 Å². The third-order valence-electron chi connectivity index (χ3n) is 5.56. The van der Waals surface area contributed by atoms with Crippen molar-refractivity contribution >= 4 is 11.5 Å². The number of anilines is 1. The lowest BCUT2D eigenvalue weighted by molar-refractivity contribution is -0.114. The number of nitrogens with two attached hydrogens (primary N) is 2. The zero-order valence-electron chi connectivity index (χ0n) is 18.5. The summed E-state index contributed by atoms with van der Waals surface area (Å²) in [7, 11) is 0. The van der Waals surface area contributed by atoms with Gasteiger partial charge in [0.2, 0.25) is 0 Å². The van der Waals surface area contributed by atoms with Gasteiger partial charge in [-0.2, -0.15) is 10.2 Å². The fourth-order valence-corrected chi connectivity index (χ4v) is 4.20. The molecule has 0 amide bonds. The molecule has 1 aromatic heterocycles.